The molecule has 0 fully saturated rings. The van der Waals surface area contributed by atoms with Crippen LogP contribution in [0.3, 0.4) is 0 Å². The third kappa shape index (κ3) is 4.07. The van der Waals surface area contributed by atoms with Gasteiger partial charge in [0.25, 0.3) is 0 Å². The zero-order chi connectivity index (χ0) is 16.4. The summed E-state index contributed by atoms with van der Waals surface area (Å²) in [5.74, 6) is 0. The fourth-order valence-corrected chi connectivity index (χ4v) is 2.80. The number of nitrogens with one attached hydrogen (secondary N) is 1. The Morgan fingerprint density at radius 1 is 1.29 bits per heavy atom. The van der Waals surface area contributed by atoms with Crippen LogP contribution in [0.2, 0.25) is 0 Å². The number of nitrogen functional groups attached to an aromatic ring is 1. The highest BCUT2D eigenvalue weighted by Crippen LogP contribution is 2.41. The van der Waals surface area contributed by atoms with Gasteiger partial charge in [0.2, 0.25) is 0 Å². The minimum absolute atomic E-state index is 0.0360. The molecule has 0 aromatic heterocycles. The van der Waals surface area contributed by atoms with E-state index in [1.54, 1.807) is 0 Å². The topological polar surface area (TPSA) is 59.1 Å². The number of alkyl halides is 1. The quantitative estimate of drug-likeness (QED) is 0.447. The molecule has 0 spiro atoms. The van der Waals surface area contributed by atoms with Crippen molar-refractivity contribution in [2.75, 3.05) is 12.3 Å². The van der Waals surface area contributed by atoms with Crippen molar-refractivity contribution in [3.63, 3.8) is 0 Å². The van der Waals surface area contributed by atoms with Crippen molar-refractivity contribution in [2.45, 2.75) is 52.0 Å². The molecular weight excluding hydrogens is 328 g/mol. The van der Waals surface area contributed by atoms with Crippen LogP contribution in [-0.4, -0.2) is 17.9 Å². The van der Waals surface area contributed by atoms with Crippen LogP contribution in [0.25, 0.3) is 0 Å². The molecule has 0 aliphatic carbocycles. The molecule has 0 radical (unpaired) electrons. The van der Waals surface area contributed by atoms with Gasteiger partial charge in [-0.1, -0.05) is 48.8 Å². The molecule has 3 nitrogen and oxygen atoms in total. The van der Waals surface area contributed by atoms with E-state index in [4.69, 9.17) is 15.9 Å². The monoisotopic (exact) mass is 354 g/mol. The van der Waals surface area contributed by atoms with Crippen molar-refractivity contribution in [3.05, 3.63) is 29.3 Å². The average molecular weight is 355 g/mol. The number of ether oxygens (including phenoxy) is 1. The van der Waals surface area contributed by atoms with Crippen LogP contribution in [0.5, 0.6) is 0 Å². The molecule has 3 N–H and O–H groups in total. The van der Waals surface area contributed by atoms with Crippen LogP contribution in [0.15, 0.2) is 18.2 Å². The first-order chi connectivity index (χ1) is 9.52. The SMILES string of the molecule is CCOC(C)(C)C(Br)c1cccc(N)c1C(=N)C(C)(C)C. The Labute approximate surface area is 136 Å². The smallest absolute Gasteiger partial charge is 0.0791 e. The van der Waals surface area contributed by atoms with Gasteiger partial charge in [0, 0.05) is 29.0 Å². The molecule has 1 unspecified atom stereocenters. The van der Waals surface area contributed by atoms with Gasteiger partial charge in [-0.25, -0.2) is 0 Å². The normalized spacial score (nSPS) is 14.0. The van der Waals surface area contributed by atoms with Crippen molar-refractivity contribution >= 4 is 27.3 Å². The fraction of sp³-hybridized carbons (Fsp3) is 0.588. The van der Waals surface area contributed by atoms with Crippen LogP contribution >= 0.6 is 15.9 Å². The summed E-state index contributed by atoms with van der Waals surface area (Å²) in [7, 11) is 0. The first-order valence-electron chi connectivity index (χ1n) is 7.28. The molecule has 0 saturated carbocycles. The Hall–Kier alpha value is -0.870. The van der Waals surface area contributed by atoms with Crippen LogP contribution in [0.4, 0.5) is 5.69 Å². The van der Waals surface area contributed by atoms with Crippen molar-refractivity contribution < 1.29 is 4.74 Å². The lowest BCUT2D eigenvalue weighted by atomic mass is 9.81. The Morgan fingerprint density at radius 3 is 2.33 bits per heavy atom. The number of halogens is 1. The molecule has 0 heterocycles. The molecule has 21 heavy (non-hydrogen) atoms. The van der Waals surface area contributed by atoms with Gasteiger partial charge in [-0.3, -0.25) is 0 Å². The van der Waals surface area contributed by atoms with E-state index in [0.29, 0.717) is 18.0 Å². The highest BCUT2D eigenvalue weighted by molar-refractivity contribution is 9.09. The van der Waals surface area contributed by atoms with Crippen molar-refractivity contribution in [1.82, 2.24) is 0 Å². The lowest BCUT2D eigenvalue weighted by Crippen LogP contribution is -2.32. The highest BCUT2D eigenvalue weighted by atomic mass is 79.9. The van der Waals surface area contributed by atoms with Gasteiger partial charge in [-0.15, -0.1) is 0 Å². The van der Waals surface area contributed by atoms with Gasteiger partial charge in [-0.2, -0.15) is 0 Å². The number of anilines is 1. The molecule has 0 bridgehead atoms. The molecule has 1 rings (SSSR count). The largest absolute Gasteiger partial charge is 0.398 e. The molecule has 0 aliphatic rings. The molecule has 1 aromatic rings. The molecule has 4 heteroatoms. The first kappa shape index (κ1) is 18.2. The summed E-state index contributed by atoms with van der Waals surface area (Å²) >= 11 is 3.75. The Balaban J connectivity index is 3.38. The van der Waals surface area contributed by atoms with Gasteiger partial charge >= 0.3 is 0 Å². The molecule has 1 aromatic carbocycles. The molecular formula is C17H27BrN2O. The van der Waals surface area contributed by atoms with Gasteiger partial charge in [0.15, 0.2) is 0 Å². The van der Waals surface area contributed by atoms with Crippen LogP contribution < -0.4 is 5.73 Å². The maximum Gasteiger partial charge on any atom is 0.0791 e. The molecule has 0 amide bonds. The summed E-state index contributed by atoms with van der Waals surface area (Å²) in [6, 6.07) is 5.80. The van der Waals surface area contributed by atoms with E-state index in [9.17, 15) is 0 Å². The van der Waals surface area contributed by atoms with Crippen molar-refractivity contribution in [1.29, 1.82) is 5.41 Å². The second-order valence-electron chi connectivity index (χ2n) is 6.84. The molecule has 0 saturated heterocycles. The number of rotatable bonds is 5. The highest BCUT2D eigenvalue weighted by Gasteiger charge is 2.33. The predicted molar refractivity (Wildman–Crippen MR) is 94.5 cm³/mol. The van der Waals surface area contributed by atoms with Crippen LogP contribution in [0.1, 0.15) is 57.5 Å². The van der Waals surface area contributed by atoms with E-state index in [1.165, 1.54) is 0 Å². The predicted octanol–water partition coefficient (Wildman–Crippen LogP) is 4.93. The summed E-state index contributed by atoms with van der Waals surface area (Å²) in [6.45, 7) is 12.8. The summed E-state index contributed by atoms with van der Waals surface area (Å²) in [5, 5.41) is 8.52. The number of nitrogens with two attached hydrogens (primary N) is 1. The van der Waals surface area contributed by atoms with E-state index in [0.717, 1.165) is 11.1 Å². The Kier molecular flexibility index (Phi) is 5.62. The van der Waals surface area contributed by atoms with Gasteiger partial charge in [0.05, 0.1) is 10.4 Å². The zero-order valence-electron chi connectivity index (χ0n) is 13.9. The minimum atomic E-state index is -0.380. The zero-order valence-corrected chi connectivity index (χ0v) is 15.5. The lowest BCUT2D eigenvalue weighted by Gasteiger charge is -2.33. The third-order valence-corrected chi connectivity index (χ3v) is 5.12. The maximum absolute atomic E-state index is 8.52. The Bertz CT molecular complexity index is 518. The summed E-state index contributed by atoms with van der Waals surface area (Å²) in [4.78, 5) is -0.0360. The number of hydrogen-bond acceptors (Lipinski definition) is 3. The van der Waals surface area contributed by atoms with Crippen molar-refractivity contribution in [3.8, 4) is 0 Å². The van der Waals surface area contributed by atoms with Gasteiger partial charge < -0.3 is 15.9 Å². The van der Waals surface area contributed by atoms with Crippen LogP contribution in [-0.2, 0) is 4.74 Å². The fourth-order valence-electron chi connectivity index (χ4n) is 2.28. The van der Waals surface area contributed by atoms with E-state index in [2.05, 4.69) is 15.9 Å². The molecule has 0 aliphatic heterocycles. The second-order valence-corrected chi connectivity index (χ2v) is 7.75. The lowest BCUT2D eigenvalue weighted by molar-refractivity contribution is -0.0103. The minimum Gasteiger partial charge on any atom is -0.398 e. The van der Waals surface area contributed by atoms with E-state index >= 15 is 0 Å². The standard InChI is InChI=1S/C17H27BrN2O/c1-7-21-17(5,6)14(18)11-9-8-10-12(19)13(11)15(20)16(2,3)4/h8-10,14,20H,7,19H2,1-6H3. The van der Waals surface area contributed by atoms with E-state index in [1.807, 2.05) is 59.7 Å². The van der Waals surface area contributed by atoms with Crippen LogP contribution in [0, 0.1) is 10.8 Å². The van der Waals surface area contributed by atoms with E-state index < -0.39 is 0 Å². The van der Waals surface area contributed by atoms with Crippen molar-refractivity contribution in [2.24, 2.45) is 5.41 Å². The Morgan fingerprint density at radius 2 is 1.86 bits per heavy atom. The third-order valence-electron chi connectivity index (χ3n) is 3.53. The molecule has 1 atom stereocenters. The van der Waals surface area contributed by atoms with Gasteiger partial charge in [-0.05, 0) is 32.4 Å². The number of benzene rings is 1. The van der Waals surface area contributed by atoms with Gasteiger partial charge in [0.1, 0.15) is 0 Å². The average Bonchev–Trinajstić information content (AvgIpc) is 2.35. The number of hydrogen-bond donors (Lipinski definition) is 2. The maximum atomic E-state index is 8.52. The summed E-state index contributed by atoms with van der Waals surface area (Å²) < 4.78 is 5.85. The summed E-state index contributed by atoms with van der Waals surface area (Å²) in [5.41, 5.74) is 8.55. The second kappa shape index (κ2) is 6.49. The molecule has 118 valence electrons. The van der Waals surface area contributed by atoms with E-state index in [-0.39, 0.29) is 15.8 Å². The summed E-state index contributed by atoms with van der Waals surface area (Å²) in [6.07, 6.45) is 0. The first-order valence-corrected chi connectivity index (χ1v) is 8.19.